The molecule has 4 aromatic rings. The van der Waals surface area contributed by atoms with E-state index in [0.717, 1.165) is 15.9 Å². The first-order chi connectivity index (χ1) is 15.5. The molecule has 1 amide bonds. The molecule has 4 rings (SSSR count). The third-order valence-electron chi connectivity index (χ3n) is 4.65. The van der Waals surface area contributed by atoms with Crippen LogP contribution in [-0.2, 0) is 11.3 Å². The Morgan fingerprint density at radius 2 is 2.00 bits per heavy atom. The van der Waals surface area contributed by atoms with E-state index in [0.29, 0.717) is 16.4 Å². The molecule has 2 aromatic heterocycles. The van der Waals surface area contributed by atoms with Gasteiger partial charge in [0.1, 0.15) is 5.75 Å². The molecule has 0 atom stereocenters. The number of nitro benzene ring substituents is 1. The number of rotatable bonds is 7. The maximum atomic E-state index is 13.1. The molecule has 2 aromatic carbocycles. The number of nitro groups is 1. The van der Waals surface area contributed by atoms with Gasteiger partial charge < -0.3 is 4.74 Å². The number of hydrogen-bond acceptors (Lipinski definition) is 7. The van der Waals surface area contributed by atoms with E-state index in [4.69, 9.17) is 4.74 Å². The molecule has 0 N–H and O–H groups in total. The predicted molar refractivity (Wildman–Crippen MR) is 124 cm³/mol. The zero-order chi connectivity index (χ0) is 22.5. The van der Waals surface area contributed by atoms with Crippen LogP contribution in [0.5, 0.6) is 5.75 Å². The Morgan fingerprint density at radius 3 is 2.69 bits per heavy atom. The summed E-state index contributed by atoms with van der Waals surface area (Å²) in [5.74, 6) is 0.438. The fourth-order valence-electron chi connectivity index (χ4n) is 2.99. The van der Waals surface area contributed by atoms with Gasteiger partial charge in [-0.15, -0.1) is 0 Å². The number of nitrogens with zero attached hydrogens (tertiary/aromatic N) is 4. The Balaban J connectivity index is 1.64. The molecule has 160 valence electrons. The average Bonchev–Trinajstić information content (AvgIpc) is 3.24. The lowest BCUT2D eigenvalue weighted by molar-refractivity contribution is -0.384. The number of anilines is 1. The maximum absolute atomic E-state index is 13.1. The molecular weight excluding hydrogens is 428 g/mol. The lowest BCUT2D eigenvalue weighted by atomic mass is 10.2. The number of benzene rings is 2. The van der Waals surface area contributed by atoms with Gasteiger partial charge in [-0.05, 0) is 54.1 Å². The molecular formula is C23H18N4O4S. The van der Waals surface area contributed by atoms with Crippen molar-refractivity contribution in [1.82, 2.24) is 9.97 Å². The maximum Gasteiger partial charge on any atom is 0.269 e. The summed E-state index contributed by atoms with van der Waals surface area (Å²) in [6.45, 7) is 0.251. The van der Waals surface area contributed by atoms with Crippen molar-refractivity contribution in [3.05, 3.63) is 94.3 Å². The van der Waals surface area contributed by atoms with Gasteiger partial charge in [0.15, 0.2) is 5.13 Å². The zero-order valence-electron chi connectivity index (χ0n) is 17.0. The van der Waals surface area contributed by atoms with Crippen LogP contribution in [0.4, 0.5) is 10.8 Å². The van der Waals surface area contributed by atoms with Crippen LogP contribution < -0.4 is 9.64 Å². The first-order valence-electron chi connectivity index (χ1n) is 9.62. The van der Waals surface area contributed by atoms with Crippen molar-refractivity contribution in [3.8, 4) is 5.75 Å². The lowest BCUT2D eigenvalue weighted by Gasteiger charge is -2.17. The second kappa shape index (κ2) is 9.36. The number of ether oxygens (including phenoxy) is 1. The largest absolute Gasteiger partial charge is 0.497 e. The monoisotopic (exact) mass is 446 g/mol. The molecule has 9 heteroatoms. The zero-order valence-corrected chi connectivity index (χ0v) is 17.9. The number of aromatic nitrogens is 2. The van der Waals surface area contributed by atoms with E-state index >= 15 is 0 Å². The molecule has 0 unspecified atom stereocenters. The van der Waals surface area contributed by atoms with Gasteiger partial charge in [-0.25, -0.2) is 4.98 Å². The number of methoxy groups -OCH3 is 1. The summed E-state index contributed by atoms with van der Waals surface area (Å²) in [4.78, 5) is 34.0. The number of hydrogen-bond donors (Lipinski definition) is 0. The summed E-state index contributed by atoms with van der Waals surface area (Å²) >= 11 is 1.39. The summed E-state index contributed by atoms with van der Waals surface area (Å²) in [6.07, 6.45) is 4.72. The minimum atomic E-state index is -0.463. The van der Waals surface area contributed by atoms with Crippen molar-refractivity contribution < 1.29 is 14.5 Å². The summed E-state index contributed by atoms with van der Waals surface area (Å²) in [5, 5.41) is 11.4. The predicted octanol–water partition coefficient (Wildman–Crippen LogP) is 4.85. The van der Waals surface area contributed by atoms with E-state index in [1.165, 1.54) is 29.5 Å². The summed E-state index contributed by atoms with van der Waals surface area (Å²) in [5.41, 5.74) is 2.16. The Hall–Kier alpha value is -4.11. The fourth-order valence-corrected chi connectivity index (χ4v) is 3.99. The van der Waals surface area contributed by atoms with Gasteiger partial charge in [-0.1, -0.05) is 17.4 Å². The number of non-ortho nitro benzene ring substituents is 1. The number of carbonyl (C=O) groups is 1. The van der Waals surface area contributed by atoms with Gasteiger partial charge >= 0.3 is 0 Å². The van der Waals surface area contributed by atoms with Gasteiger partial charge in [-0.2, -0.15) is 0 Å². The van der Waals surface area contributed by atoms with Crippen molar-refractivity contribution >= 4 is 44.4 Å². The average molecular weight is 446 g/mol. The highest BCUT2D eigenvalue weighted by Gasteiger charge is 2.19. The molecule has 0 fully saturated rings. The van der Waals surface area contributed by atoms with E-state index in [9.17, 15) is 14.9 Å². The minimum Gasteiger partial charge on any atom is -0.497 e. The number of pyridine rings is 1. The smallest absolute Gasteiger partial charge is 0.269 e. The van der Waals surface area contributed by atoms with Gasteiger partial charge in [0.25, 0.3) is 11.6 Å². The minimum absolute atomic E-state index is 0.00448. The van der Waals surface area contributed by atoms with Gasteiger partial charge in [0, 0.05) is 24.4 Å². The molecule has 0 aliphatic heterocycles. The van der Waals surface area contributed by atoms with Crippen molar-refractivity contribution in [2.45, 2.75) is 6.54 Å². The number of carbonyl (C=O) groups excluding carboxylic acids is 1. The van der Waals surface area contributed by atoms with Crippen LogP contribution in [0, 0.1) is 10.1 Å². The fraction of sp³-hybridized carbons (Fsp3) is 0.0870. The second-order valence-corrected chi connectivity index (χ2v) is 7.77. The standard InChI is InChI=1S/C23H18N4O4S/c1-31-19-10-11-20-21(14-19)32-23(25-20)26(15-17-4-2-3-13-24-17)22(28)12-7-16-5-8-18(9-6-16)27(29)30/h2-14H,15H2,1H3. The van der Waals surface area contributed by atoms with Crippen LogP contribution in [-0.4, -0.2) is 27.9 Å². The Bertz CT molecular complexity index is 1290. The van der Waals surface area contributed by atoms with Crippen LogP contribution in [0.15, 0.2) is 72.9 Å². The number of fused-ring (bicyclic) bond motifs is 1. The topological polar surface area (TPSA) is 98.5 Å². The van der Waals surface area contributed by atoms with Gasteiger partial charge in [0.2, 0.25) is 0 Å². The van der Waals surface area contributed by atoms with Gasteiger partial charge in [0.05, 0.1) is 34.5 Å². The molecule has 0 saturated carbocycles. The third-order valence-corrected chi connectivity index (χ3v) is 5.69. The highest BCUT2D eigenvalue weighted by atomic mass is 32.1. The molecule has 0 saturated heterocycles. The van der Waals surface area contributed by atoms with E-state index in [-0.39, 0.29) is 18.1 Å². The SMILES string of the molecule is COc1ccc2nc(N(Cc3ccccn3)C(=O)C=Cc3ccc([N+](=O)[O-])cc3)sc2c1. The van der Waals surface area contributed by atoms with E-state index in [2.05, 4.69) is 9.97 Å². The summed E-state index contributed by atoms with van der Waals surface area (Å²) < 4.78 is 6.18. The lowest BCUT2D eigenvalue weighted by Crippen LogP contribution is -2.29. The normalized spacial score (nSPS) is 11.0. The molecule has 8 nitrogen and oxygen atoms in total. The summed E-state index contributed by atoms with van der Waals surface area (Å²) in [7, 11) is 1.60. The van der Waals surface area contributed by atoms with Crippen LogP contribution in [0.2, 0.25) is 0 Å². The second-order valence-electron chi connectivity index (χ2n) is 6.76. The van der Waals surface area contributed by atoms with Crippen molar-refractivity contribution in [1.29, 1.82) is 0 Å². The van der Waals surface area contributed by atoms with E-state index in [1.54, 1.807) is 36.4 Å². The molecule has 0 bridgehead atoms. The highest BCUT2D eigenvalue weighted by Crippen LogP contribution is 2.32. The Morgan fingerprint density at radius 1 is 1.19 bits per heavy atom. The van der Waals surface area contributed by atoms with Crippen LogP contribution >= 0.6 is 11.3 Å². The summed E-state index contributed by atoms with van der Waals surface area (Å²) in [6, 6.07) is 17.1. The molecule has 0 spiro atoms. The Kier molecular flexibility index (Phi) is 6.18. The van der Waals surface area contributed by atoms with Crippen molar-refractivity contribution in [3.63, 3.8) is 0 Å². The first-order valence-corrected chi connectivity index (χ1v) is 10.4. The molecule has 0 aliphatic carbocycles. The molecule has 0 radical (unpaired) electrons. The van der Waals surface area contributed by atoms with Crippen LogP contribution in [0.25, 0.3) is 16.3 Å². The third kappa shape index (κ3) is 4.79. The number of amides is 1. The molecule has 32 heavy (non-hydrogen) atoms. The van der Waals surface area contributed by atoms with E-state index < -0.39 is 4.92 Å². The molecule has 2 heterocycles. The number of thiazole rings is 1. The Labute approximate surface area is 187 Å². The first kappa shape index (κ1) is 21.1. The van der Waals surface area contributed by atoms with Crippen molar-refractivity contribution in [2.75, 3.05) is 12.0 Å². The van der Waals surface area contributed by atoms with Crippen LogP contribution in [0.3, 0.4) is 0 Å². The van der Waals surface area contributed by atoms with Crippen molar-refractivity contribution in [2.24, 2.45) is 0 Å². The van der Waals surface area contributed by atoms with Gasteiger partial charge in [-0.3, -0.25) is 24.8 Å². The highest BCUT2D eigenvalue weighted by molar-refractivity contribution is 7.22. The van der Waals surface area contributed by atoms with E-state index in [1.807, 2.05) is 36.4 Å². The molecule has 0 aliphatic rings. The quantitative estimate of drug-likeness (QED) is 0.229. The van der Waals surface area contributed by atoms with Crippen LogP contribution in [0.1, 0.15) is 11.3 Å².